The van der Waals surface area contributed by atoms with Crippen LogP contribution < -0.4 is 10.1 Å². The first kappa shape index (κ1) is 44.0. The van der Waals surface area contributed by atoms with Crippen LogP contribution in [-0.2, 0) is 0 Å². The van der Waals surface area contributed by atoms with Crippen molar-refractivity contribution < 1.29 is 4.74 Å². The van der Waals surface area contributed by atoms with Crippen LogP contribution in [0.1, 0.15) is 78.0 Å². The molecule has 304 valence electrons. The Bertz CT molecular complexity index is 2310. The number of amidine groups is 2. The largest absolute Gasteiger partial charge is 0.488 e. The lowest BCUT2D eigenvalue weighted by molar-refractivity contribution is 0.329. The van der Waals surface area contributed by atoms with Crippen molar-refractivity contribution in [2.75, 3.05) is 20.2 Å². The van der Waals surface area contributed by atoms with E-state index in [1.807, 2.05) is 120 Å². The van der Waals surface area contributed by atoms with Gasteiger partial charge in [0.1, 0.15) is 12.4 Å². The first-order valence-electron chi connectivity index (χ1n) is 20.9. The highest BCUT2D eigenvalue weighted by atomic mass is 16.5. The zero-order valence-corrected chi connectivity index (χ0v) is 36.3. The Morgan fingerprint density at radius 1 is 0.881 bits per heavy atom. The molecule has 1 atom stereocenters. The van der Waals surface area contributed by atoms with Crippen LogP contribution in [0, 0.1) is 5.41 Å². The monoisotopic (exact) mass is 783 g/mol. The molecule has 59 heavy (non-hydrogen) atoms. The molecule has 0 amide bonds. The number of nitrogens with zero attached hydrogens (tertiary/aromatic N) is 4. The van der Waals surface area contributed by atoms with E-state index in [9.17, 15) is 0 Å². The van der Waals surface area contributed by atoms with E-state index >= 15 is 0 Å². The van der Waals surface area contributed by atoms with Gasteiger partial charge in [-0.3, -0.25) is 0 Å². The molecule has 0 spiro atoms. The number of benzene rings is 3. The fraction of sp³-hybridized carbons (Fsp3) is 0.264. The van der Waals surface area contributed by atoms with Gasteiger partial charge in [0.15, 0.2) is 11.7 Å². The predicted octanol–water partition coefficient (Wildman–Crippen LogP) is 12.4. The standard InChI is InChI=1S/C49H49N5O.2C2H6/c1-33-18-14-15-19-34(2)54(39(26-27-50-6)31-52-48(37-22-12-9-13-23-37)53-47(51-7)36-20-10-8-11-21-36)45-30-44-43(29-41(33)45)42(35(3)49(44,4)5)28-38-32-55-46-25-17-16-24-40(38)46;2*1-2/h8-25,28-29,31,45,50H,1-2,7,26-27,30,32H2,3-6H3;2*1-2H3/b18-14-,19-15-,38-28+,39-31+,52-48?,53-47?;;. The topological polar surface area (TPSA) is 61.6 Å². The number of ether oxygens (including phenoxy) is 1. The molecule has 2 heterocycles. The Morgan fingerprint density at radius 2 is 1.51 bits per heavy atom. The van der Waals surface area contributed by atoms with Gasteiger partial charge in [-0.25, -0.2) is 15.0 Å². The molecule has 2 aliphatic heterocycles. The van der Waals surface area contributed by atoms with E-state index in [1.54, 1.807) is 0 Å². The van der Waals surface area contributed by atoms with Crippen LogP contribution >= 0.6 is 0 Å². The molecule has 0 saturated carbocycles. The number of hydrogen-bond donors (Lipinski definition) is 1. The first-order chi connectivity index (χ1) is 28.7. The van der Waals surface area contributed by atoms with E-state index in [-0.39, 0.29) is 11.5 Å². The number of rotatable bonds is 8. The summed E-state index contributed by atoms with van der Waals surface area (Å²) in [6.45, 7) is 29.4. The van der Waals surface area contributed by atoms with Crippen molar-refractivity contribution in [3.63, 3.8) is 0 Å². The van der Waals surface area contributed by atoms with Gasteiger partial charge in [0, 0.05) is 58.2 Å². The number of fused-ring (bicyclic) bond motifs is 2. The summed E-state index contributed by atoms with van der Waals surface area (Å²) in [6, 6.07) is 28.1. The van der Waals surface area contributed by atoms with E-state index in [4.69, 9.17) is 14.7 Å². The van der Waals surface area contributed by atoms with Crippen LogP contribution in [0.2, 0.25) is 0 Å². The SMILES string of the molecule is C=NC(=NC(=N/C=C(\CCNC)N1C(=C)/C=C\C=C/C(=C)C2=CC3=C(CC21)C(C)(C)C(C)=C3/C=C1\COc2ccccc21)c1ccccc1)c1ccccc1.CC.CC. The predicted molar refractivity (Wildman–Crippen MR) is 253 cm³/mol. The lowest BCUT2D eigenvalue weighted by Crippen LogP contribution is -2.38. The van der Waals surface area contributed by atoms with Gasteiger partial charge >= 0.3 is 0 Å². The van der Waals surface area contributed by atoms with Gasteiger partial charge in [0.25, 0.3) is 0 Å². The van der Waals surface area contributed by atoms with Gasteiger partial charge in [-0.1, -0.05) is 163 Å². The van der Waals surface area contributed by atoms with Crippen LogP contribution in [-0.4, -0.2) is 49.5 Å². The molecule has 1 unspecified atom stereocenters. The number of para-hydroxylation sites is 1. The first-order valence-corrected chi connectivity index (χ1v) is 20.9. The number of aliphatic imine (C=N–C) groups is 3. The summed E-state index contributed by atoms with van der Waals surface area (Å²) < 4.78 is 6.09. The normalized spacial score (nSPS) is 20.4. The van der Waals surface area contributed by atoms with E-state index in [2.05, 4.69) is 98.4 Å². The lowest BCUT2D eigenvalue weighted by atomic mass is 9.74. The molecule has 7 rings (SSSR count). The Balaban J connectivity index is 0.00000160. The summed E-state index contributed by atoms with van der Waals surface area (Å²) in [5, 5.41) is 3.37. The van der Waals surface area contributed by atoms with Crippen LogP contribution in [0.25, 0.3) is 5.57 Å². The molecular weight excluding hydrogens is 723 g/mol. The number of hydrogen-bond acceptors (Lipinski definition) is 4. The Kier molecular flexibility index (Phi) is 15.3. The van der Waals surface area contributed by atoms with E-state index in [1.165, 1.54) is 27.9 Å². The van der Waals surface area contributed by atoms with Gasteiger partial charge < -0.3 is 15.0 Å². The molecular formula is C53H61N5O. The summed E-state index contributed by atoms with van der Waals surface area (Å²) in [7, 11) is 1.98. The quantitative estimate of drug-likeness (QED) is 0.183. The number of allylic oxidation sites excluding steroid dienone is 9. The summed E-state index contributed by atoms with van der Waals surface area (Å²) in [5.74, 6) is 1.99. The second-order valence-corrected chi connectivity index (χ2v) is 14.7. The van der Waals surface area contributed by atoms with Crippen molar-refractivity contribution in [3.8, 4) is 5.75 Å². The smallest absolute Gasteiger partial charge is 0.161 e. The molecule has 3 aromatic carbocycles. The molecule has 2 aliphatic carbocycles. The van der Waals surface area contributed by atoms with Crippen LogP contribution in [0.15, 0.2) is 201 Å². The lowest BCUT2D eigenvalue weighted by Gasteiger charge is -2.41. The fourth-order valence-electron chi connectivity index (χ4n) is 7.83. The molecule has 3 aromatic rings. The van der Waals surface area contributed by atoms with Crippen molar-refractivity contribution in [2.45, 2.75) is 67.3 Å². The summed E-state index contributed by atoms with van der Waals surface area (Å²) in [4.78, 5) is 16.8. The van der Waals surface area contributed by atoms with Gasteiger partial charge in [0.05, 0.1) is 6.04 Å². The highest BCUT2D eigenvalue weighted by Crippen LogP contribution is 2.54. The maximum Gasteiger partial charge on any atom is 0.161 e. The number of nitrogens with one attached hydrogen (secondary N) is 1. The van der Waals surface area contributed by atoms with Crippen LogP contribution in [0.3, 0.4) is 0 Å². The zero-order valence-electron chi connectivity index (χ0n) is 36.3. The maximum atomic E-state index is 6.09. The van der Waals surface area contributed by atoms with Gasteiger partial charge in [-0.05, 0) is 73.7 Å². The highest BCUT2D eigenvalue weighted by Gasteiger charge is 2.42. The molecule has 4 aliphatic rings. The molecule has 0 fully saturated rings. The molecule has 0 saturated heterocycles. The van der Waals surface area contributed by atoms with Crippen molar-refractivity contribution in [2.24, 2.45) is 20.4 Å². The second kappa shape index (κ2) is 20.5. The van der Waals surface area contributed by atoms with Crippen molar-refractivity contribution >= 4 is 24.0 Å². The van der Waals surface area contributed by atoms with Gasteiger partial charge in [-0.15, -0.1) is 0 Å². The molecule has 0 radical (unpaired) electrons. The van der Waals surface area contributed by atoms with Crippen molar-refractivity contribution in [3.05, 3.63) is 202 Å². The summed E-state index contributed by atoms with van der Waals surface area (Å²) >= 11 is 0. The molecule has 1 N–H and O–H groups in total. The molecule has 0 aromatic heterocycles. The average molecular weight is 784 g/mol. The minimum Gasteiger partial charge on any atom is -0.488 e. The summed E-state index contributed by atoms with van der Waals surface area (Å²) in [6.07, 6.45) is 16.5. The summed E-state index contributed by atoms with van der Waals surface area (Å²) in [5.41, 5.74) is 13.3. The van der Waals surface area contributed by atoms with Gasteiger partial charge in [-0.2, -0.15) is 0 Å². The van der Waals surface area contributed by atoms with Crippen molar-refractivity contribution in [1.29, 1.82) is 0 Å². The Morgan fingerprint density at radius 3 is 2.17 bits per heavy atom. The highest BCUT2D eigenvalue weighted by molar-refractivity contribution is 6.12. The third-order valence-corrected chi connectivity index (χ3v) is 11.1. The molecule has 6 heteroatoms. The third-order valence-electron chi connectivity index (χ3n) is 11.1. The zero-order chi connectivity index (χ0) is 42.5. The van der Waals surface area contributed by atoms with Gasteiger partial charge in [0.2, 0.25) is 0 Å². The van der Waals surface area contributed by atoms with E-state index in [0.29, 0.717) is 24.7 Å². The third kappa shape index (κ3) is 9.62. The minimum atomic E-state index is -0.158. The molecule has 0 bridgehead atoms. The van der Waals surface area contributed by atoms with Crippen LogP contribution in [0.5, 0.6) is 5.75 Å². The van der Waals surface area contributed by atoms with Crippen molar-refractivity contribution in [1.82, 2.24) is 10.2 Å². The van der Waals surface area contributed by atoms with Crippen LogP contribution in [0.4, 0.5) is 0 Å². The second-order valence-electron chi connectivity index (χ2n) is 14.7. The van der Waals surface area contributed by atoms with E-state index < -0.39 is 0 Å². The Hall–Kier alpha value is -6.11. The molecule has 6 nitrogen and oxygen atoms in total. The maximum absolute atomic E-state index is 6.09. The fourth-order valence-corrected chi connectivity index (χ4v) is 7.83. The average Bonchev–Trinajstić information content (AvgIpc) is 3.78. The van der Waals surface area contributed by atoms with E-state index in [0.717, 1.165) is 57.9 Å². The Labute approximate surface area is 353 Å². The minimum absolute atomic E-state index is 0.0718.